The van der Waals surface area contributed by atoms with Gasteiger partial charge >= 0.3 is 0 Å². The summed E-state index contributed by atoms with van der Waals surface area (Å²) in [6.45, 7) is 5.12. The number of alkyl halides is 1. The molecular formula is C15H20BrNO. The molecule has 0 saturated heterocycles. The van der Waals surface area contributed by atoms with Crippen LogP contribution in [0.3, 0.4) is 0 Å². The molecule has 3 heteroatoms. The van der Waals surface area contributed by atoms with Crippen LogP contribution in [-0.4, -0.2) is 11.9 Å². The molecule has 0 amide bonds. The maximum atomic E-state index is 8.61. The Kier molecular flexibility index (Phi) is 6.21. The van der Waals surface area contributed by atoms with Crippen LogP contribution in [0.1, 0.15) is 32.3 Å². The van der Waals surface area contributed by atoms with Crippen LogP contribution in [0, 0.1) is 16.7 Å². The van der Waals surface area contributed by atoms with Gasteiger partial charge in [0, 0.05) is 10.7 Å². The lowest BCUT2D eigenvalue weighted by molar-refractivity contribution is 0.158. The number of benzene rings is 1. The Morgan fingerprint density at radius 2 is 1.83 bits per heavy atom. The van der Waals surface area contributed by atoms with Crippen molar-refractivity contribution in [1.82, 2.24) is 0 Å². The first-order valence-corrected chi connectivity index (χ1v) is 7.46. The zero-order chi connectivity index (χ0) is 13.4. The van der Waals surface area contributed by atoms with Crippen molar-refractivity contribution in [2.75, 3.05) is 11.9 Å². The maximum absolute atomic E-state index is 8.61. The summed E-state index contributed by atoms with van der Waals surface area (Å²) in [5, 5.41) is 9.57. The van der Waals surface area contributed by atoms with Crippen LogP contribution >= 0.6 is 15.9 Å². The smallest absolute Gasteiger partial charge is 0.119 e. The fourth-order valence-corrected chi connectivity index (χ4v) is 2.67. The summed E-state index contributed by atoms with van der Waals surface area (Å²) in [6.07, 6.45) is 2.65. The van der Waals surface area contributed by atoms with Gasteiger partial charge in [0.15, 0.2) is 0 Å². The van der Waals surface area contributed by atoms with Gasteiger partial charge < -0.3 is 4.74 Å². The first-order valence-electron chi connectivity index (χ1n) is 6.34. The second-order valence-corrected chi connectivity index (χ2v) is 5.17. The summed E-state index contributed by atoms with van der Waals surface area (Å²) >= 11 is 3.58. The van der Waals surface area contributed by atoms with Gasteiger partial charge in [0.25, 0.3) is 0 Å². The van der Waals surface area contributed by atoms with Crippen molar-refractivity contribution in [2.24, 2.45) is 5.41 Å². The summed E-state index contributed by atoms with van der Waals surface area (Å²) in [4.78, 5) is 0. The Balaban J connectivity index is 2.60. The van der Waals surface area contributed by atoms with E-state index in [0.717, 1.165) is 36.1 Å². The molecule has 0 aliphatic heterocycles. The fourth-order valence-electron chi connectivity index (χ4n) is 1.71. The largest absolute Gasteiger partial charge is 0.493 e. The van der Waals surface area contributed by atoms with Crippen molar-refractivity contribution < 1.29 is 4.74 Å². The van der Waals surface area contributed by atoms with E-state index < -0.39 is 0 Å². The molecule has 0 aliphatic rings. The van der Waals surface area contributed by atoms with Gasteiger partial charge in [-0.25, -0.2) is 0 Å². The number of ether oxygens (including phenoxy) is 1. The van der Waals surface area contributed by atoms with Gasteiger partial charge in [-0.15, -0.1) is 0 Å². The van der Waals surface area contributed by atoms with E-state index in [1.54, 1.807) is 0 Å². The Morgan fingerprint density at radius 3 is 2.28 bits per heavy atom. The lowest BCUT2D eigenvalue weighted by Crippen LogP contribution is -2.28. The summed E-state index contributed by atoms with van der Waals surface area (Å²) in [5.41, 5.74) is 1.24. The van der Waals surface area contributed by atoms with Crippen LogP contribution < -0.4 is 4.74 Å². The van der Waals surface area contributed by atoms with Gasteiger partial charge in [-0.1, -0.05) is 41.9 Å². The van der Waals surface area contributed by atoms with Gasteiger partial charge in [0.05, 0.1) is 19.1 Å². The van der Waals surface area contributed by atoms with Crippen molar-refractivity contribution >= 4 is 15.9 Å². The summed E-state index contributed by atoms with van der Waals surface area (Å²) < 4.78 is 5.86. The Labute approximate surface area is 118 Å². The molecule has 0 heterocycles. The number of rotatable bonds is 7. The molecule has 0 bridgehead atoms. The van der Waals surface area contributed by atoms with Gasteiger partial charge in [0.1, 0.15) is 5.75 Å². The molecule has 0 spiro atoms. The predicted molar refractivity (Wildman–Crippen MR) is 78.1 cm³/mol. The molecule has 0 radical (unpaired) electrons. The van der Waals surface area contributed by atoms with Gasteiger partial charge in [-0.3, -0.25) is 0 Å². The molecule has 0 fully saturated rings. The average molecular weight is 310 g/mol. The fraction of sp³-hybridized carbons (Fsp3) is 0.533. The van der Waals surface area contributed by atoms with Crippen LogP contribution in [0.2, 0.25) is 0 Å². The van der Waals surface area contributed by atoms with E-state index in [2.05, 4.69) is 35.8 Å². The van der Waals surface area contributed by atoms with Crippen LogP contribution in [0.5, 0.6) is 5.75 Å². The third kappa shape index (κ3) is 4.03. The van der Waals surface area contributed by atoms with Crippen LogP contribution in [0.15, 0.2) is 24.3 Å². The monoisotopic (exact) mass is 309 g/mol. The van der Waals surface area contributed by atoms with E-state index in [-0.39, 0.29) is 5.41 Å². The molecule has 0 atom stereocenters. The van der Waals surface area contributed by atoms with Crippen LogP contribution in [0.25, 0.3) is 0 Å². The molecule has 1 aromatic carbocycles. The minimum absolute atomic E-state index is 0.214. The molecule has 2 nitrogen and oxygen atoms in total. The highest BCUT2D eigenvalue weighted by atomic mass is 79.9. The topological polar surface area (TPSA) is 33.0 Å². The number of nitriles is 1. The standard InChI is InChI=1S/C15H20BrNO/c1-3-15(4-2,11-16)12-18-14-7-5-13(6-8-14)9-10-17/h5-8H,3-4,9,11-12H2,1-2H3. The normalized spacial score (nSPS) is 11.0. The highest BCUT2D eigenvalue weighted by Gasteiger charge is 2.25. The molecule has 0 N–H and O–H groups in total. The molecule has 98 valence electrons. The molecule has 0 aromatic heterocycles. The third-order valence-electron chi connectivity index (χ3n) is 3.54. The zero-order valence-corrected chi connectivity index (χ0v) is 12.7. The second kappa shape index (κ2) is 7.43. The van der Waals surface area contributed by atoms with Crippen molar-refractivity contribution in [3.05, 3.63) is 29.8 Å². The quantitative estimate of drug-likeness (QED) is 0.702. The van der Waals surface area contributed by atoms with E-state index in [1.807, 2.05) is 24.3 Å². The van der Waals surface area contributed by atoms with Crippen molar-refractivity contribution in [2.45, 2.75) is 33.1 Å². The molecule has 18 heavy (non-hydrogen) atoms. The SMILES string of the molecule is CCC(CC)(CBr)COc1ccc(CC#N)cc1. The van der Waals surface area contributed by atoms with Gasteiger partial charge in [-0.2, -0.15) is 5.26 Å². The van der Waals surface area contributed by atoms with E-state index in [1.165, 1.54) is 0 Å². The first kappa shape index (κ1) is 15.0. The van der Waals surface area contributed by atoms with Crippen molar-refractivity contribution in [3.63, 3.8) is 0 Å². The molecule has 1 aromatic rings. The summed E-state index contributed by atoms with van der Waals surface area (Å²) in [7, 11) is 0. The number of hydrogen-bond donors (Lipinski definition) is 0. The Bertz CT molecular complexity index is 382. The second-order valence-electron chi connectivity index (χ2n) is 4.61. The van der Waals surface area contributed by atoms with Gasteiger partial charge in [-0.05, 0) is 30.5 Å². The predicted octanol–water partition coefficient (Wildman–Crippen LogP) is 4.33. The Hall–Kier alpha value is -1.01. The van der Waals surface area contributed by atoms with E-state index in [9.17, 15) is 0 Å². The number of halogens is 1. The van der Waals surface area contributed by atoms with Crippen LogP contribution in [-0.2, 0) is 6.42 Å². The summed E-state index contributed by atoms with van der Waals surface area (Å²) in [5.74, 6) is 0.879. The minimum atomic E-state index is 0.214. The van der Waals surface area contributed by atoms with E-state index in [0.29, 0.717) is 6.42 Å². The maximum Gasteiger partial charge on any atom is 0.119 e. The van der Waals surface area contributed by atoms with E-state index in [4.69, 9.17) is 10.00 Å². The minimum Gasteiger partial charge on any atom is -0.493 e. The molecule has 0 aliphatic carbocycles. The molecule has 0 saturated carbocycles. The Morgan fingerprint density at radius 1 is 1.22 bits per heavy atom. The number of hydrogen-bond acceptors (Lipinski definition) is 2. The highest BCUT2D eigenvalue weighted by Crippen LogP contribution is 2.29. The van der Waals surface area contributed by atoms with Gasteiger partial charge in [0.2, 0.25) is 0 Å². The summed E-state index contributed by atoms with van der Waals surface area (Å²) in [6, 6.07) is 9.92. The van der Waals surface area contributed by atoms with Crippen molar-refractivity contribution in [3.8, 4) is 11.8 Å². The highest BCUT2D eigenvalue weighted by molar-refractivity contribution is 9.09. The molecular weight excluding hydrogens is 290 g/mol. The first-order chi connectivity index (χ1) is 8.69. The third-order valence-corrected chi connectivity index (χ3v) is 4.72. The number of nitrogens with zero attached hydrogens (tertiary/aromatic N) is 1. The average Bonchev–Trinajstić information content (AvgIpc) is 2.43. The lowest BCUT2D eigenvalue weighted by Gasteiger charge is -2.29. The van der Waals surface area contributed by atoms with E-state index >= 15 is 0 Å². The molecule has 0 unspecified atom stereocenters. The van der Waals surface area contributed by atoms with Crippen LogP contribution in [0.4, 0.5) is 0 Å². The molecule has 1 rings (SSSR count). The lowest BCUT2D eigenvalue weighted by atomic mass is 9.86. The van der Waals surface area contributed by atoms with Crippen molar-refractivity contribution in [1.29, 1.82) is 5.26 Å². The zero-order valence-electron chi connectivity index (χ0n) is 11.1.